The lowest BCUT2D eigenvalue weighted by Gasteiger charge is -2.51. The van der Waals surface area contributed by atoms with Crippen molar-refractivity contribution in [2.45, 2.75) is 47.0 Å². The molecule has 5 unspecified atom stereocenters. The Morgan fingerprint density at radius 2 is 1.77 bits per heavy atom. The van der Waals surface area contributed by atoms with Gasteiger partial charge in [0, 0.05) is 0 Å². The smallest absolute Gasteiger partial charge is 0.0266 e. The van der Waals surface area contributed by atoms with E-state index >= 15 is 0 Å². The molecule has 0 N–H and O–H groups in total. The van der Waals surface area contributed by atoms with Crippen LogP contribution in [0.15, 0.2) is 0 Å². The lowest BCUT2D eigenvalue weighted by molar-refractivity contribution is -0.0151. The largest absolute Gasteiger partial charge is 0.0617 e. The van der Waals surface area contributed by atoms with Crippen molar-refractivity contribution in [1.29, 1.82) is 0 Å². The number of hydrogen-bond donors (Lipinski definition) is 0. The molecule has 4 saturated carbocycles. The molecule has 0 spiro atoms. The van der Waals surface area contributed by atoms with Crippen molar-refractivity contribution in [3.8, 4) is 0 Å². The summed E-state index contributed by atoms with van der Waals surface area (Å²) in [5.41, 5.74) is 1.41. The van der Waals surface area contributed by atoms with Gasteiger partial charge < -0.3 is 0 Å². The van der Waals surface area contributed by atoms with Crippen LogP contribution in [0.25, 0.3) is 0 Å². The fraction of sp³-hybridized carbons (Fsp3) is 1.00. The highest BCUT2D eigenvalue weighted by Gasteiger charge is 2.65. The molecule has 74 valence electrons. The van der Waals surface area contributed by atoms with Gasteiger partial charge in [-0.15, -0.1) is 0 Å². The van der Waals surface area contributed by atoms with Gasteiger partial charge in [0.15, 0.2) is 0 Å². The van der Waals surface area contributed by atoms with Crippen LogP contribution in [0.2, 0.25) is 0 Å². The van der Waals surface area contributed by atoms with Gasteiger partial charge in [-0.25, -0.2) is 0 Å². The first-order valence-corrected chi connectivity index (χ1v) is 5.95. The SMILES string of the molecule is CC1C2CC3CC(C)(C)C2CC31C. The van der Waals surface area contributed by atoms with Crippen LogP contribution >= 0.6 is 0 Å². The quantitative estimate of drug-likeness (QED) is 0.530. The highest BCUT2D eigenvalue weighted by molar-refractivity contribution is 5.14. The summed E-state index contributed by atoms with van der Waals surface area (Å²) in [6.45, 7) is 10.1. The Kier molecular flexibility index (Phi) is 1.27. The van der Waals surface area contributed by atoms with Crippen LogP contribution in [0.4, 0.5) is 0 Å². The van der Waals surface area contributed by atoms with E-state index in [2.05, 4.69) is 27.7 Å². The van der Waals surface area contributed by atoms with Crippen molar-refractivity contribution in [1.82, 2.24) is 0 Å². The fourth-order valence-electron chi connectivity index (χ4n) is 5.11. The minimum absolute atomic E-state index is 0.665. The first kappa shape index (κ1) is 8.32. The molecule has 4 fully saturated rings. The number of rotatable bonds is 0. The monoisotopic (exact) mass is 178 g/mol. The Morgan fingerprint density at radius 3 is 2.15 bits per heavy atom. The number of hydrogen-bond acceptors (Lipinski definition) is 0. The van der Waals surface area contributed by atoms with Gasteiger partial charge in [-0.3, -0.25) is 0 Å². The zero-order chi connectivity index (χ0) is 9.43. The van der Waals surface area contributed by atoms with E-state index in [9.17, 15) is 0 Å². The van der Waals surface area contributed by atoms with Gasteiger partial charge >= 0.3 is 0 Å². The van der Waals surface area contributed by atoms with Crippen LogP contribution in [0.1, 0.15) is 47.0 Å². The first-order chi connectivity index (χ1) is 5.95. The second kappa shape index (κ2) is 1.99. The van der Waals surface area contributed by atoms with Gasteiger partial charge in [0.05, 0.1) is 0 Å². The summed E-state index contributed by atoms with van der Waals surface area (Å²) in [6.07, 6.45) is 4.61. The molecule has 0 aromatic rings. The van der Waals surface area contributed by atoms with Crippen molar-refractivity contribution in [2.24, 2.45) is 34.5 Å². The normalized spacial score (nSPS) is 61.8. The van der Waals surface area contributed by atoms with E-state index in [4.69, 9.17) is 0 Å². The number of fused-ring (bicyclic) bond motifs is 1. The highest BCUT2D eigenvalue weighted by Crippen LogP contribution is 2.73. The minimum Gasteiger partial charge on any atom is -0.0617 e. The third-order valence-corrected chi connectivity index (χ3v) is 6.12. The third-order valence-electron chi connectivity index (χ3n) is 6.12. The molecule has 0 aromatic heterocycles. The summed E-state index contributed by atoms with van der Waals surface area (Å²) < 4.78 is 0. The maximum absolute atomic E-state index is 2.57. The van der Waals surface area contributed by atoms with E-state index in [0.29, 0.717) is 5.41 Å². The van der Waals surface area contributed by atoms with Crippen molar-refractivity contribution < 1.29 is 0 Å². The van der Waals surface area contributed by atoms with Gasteiger partial charge in [-0.2, -0.15) is 0 Å². The predicted molar refractivity (Wildman–Crippen MR) is 55.4 cm³/mol. The van der Waals surface area contributed by atoms with Gasteiger partial charge in [-0.05, 0) is 53.8 Å². The zero-order valence-electron chi connectivity index (χ0n) is 9.43. The summed E-state index contributed by atoms with van der Waals surface area (Å²) in [4.78, 5) is 0. The summed E-state index contributed by atoms with van der Waals surface area (Å²) in [7, 11) is 0. The minimum atomic E-state index is 0.665. The van der Waals surface area contributed by atoms with E-state index in [1.54, 1.807) is 6.42 Å². The second-order valence-electron chi connectivity index (χ2n) is 6.89. The van der Waals surface area contributed by atoms with Crippen LogP contribution in [-0.2, 0) is 0 Å². The van der Waals surface area contributed by atoms with E-state index in [1.807, 2.05) is 0 Å². The molecule has 0 heterocycles. The van der Waals surface area contributed by atoms with Crippen LogP contribution in [0, 0.1) is 34.5 Å². The molecule has 0 heteroatoms. The Balaban J connectivity index is 2.06. The van der Waals surface area contributed by atoms with E-state index in [0.717, 1.165) is 29.1 Å². The predicted octanol–water partition coefficient (Wildman–Crippen LogP) is 3.71. The lowest BCUT2D eigenvalue weighted by Crippen LogP contribution is -2.42. The summed E-state index contributed by atoms with van der Waals surface area (Å²) >= 11 is 0. The Labute approximate surface area is 82.1 Å². The van der Waals surface area contributed by atoms with Gasteiger partial charge in [0.1, 0.15) is 0 Å². The van der Waals surface area contributed by atoms with Crippen LogP contribution in [0.3, 0.4) is 0 Å². The fourth-order valence-corrected chi connectivity index (χ4v) is 5.11. The second-order valence-corrected chi connectivity index (χ2v) is 6.89. The molecule has 0 aliphatic heterocycles. The molecule has 0 aromatic carbocycles. The van der Waals surface area contributed by atoms with Crippen LogP contribution < -0.4 is 0 Å². The highest BCUT2D eigenvalue weighted by atomic mass is 14.7. The third kappa shape index (κ3) is 0.750. The molecule has 4 aliphatic carbocycles. The van der Waals surface area contributed by atoms with E-state index in [1.165, 1.54) is 12.8 Å². The molecule has 4 rings (SSSR count). The molecular formula is C13H22. The van der Waals surface area contributed by atoms with Gasteiger partial charge in [0.25, 0.3) is 0 Å². The Hall–Kier alpha value is 0. The van der Waals surface area contributed by atoms with Crippen LogP contribution in [-0.4, -0.2) is 0 Å². The maximum Gasteiger partial charge on any atom is -0.0266 e. The summed E-state index contributed by atoms with van der Waals surface area (Å²) in [5.74, 6) is 4.22. The standard InChI is InChI=1S/C13H22/c1-8-10-5-9-6-12(2,3)11(10)7-13(8,9)4/h8-11H,5-7H2,1-4H3. The van der Waals surface area contributed by atoms with Crippen molar-refractivity contribution in [2.75, 3.05) is 0 Å². The van der Waals surface area contributed by atoms with Crippen molar-refractivity contribution in [3.63, 3.8) is 0 Å². The lowest BCUT2D eigenvalue weighted by atomic mass is 9.54. The average molecular weight is 178 g/mol. The Bertz CT molecular complexity index is 253. The molecule has 13 heavy (non-hydrogen) atoms. The van der Waals surface area contributed by atoms with Gasteiger partial charge in [-0.1, -0.05) is 27.7 Å². The molecule has 4 aliphatic rings. The maximum atomic E-state index is 2.57. The summed E-state index contributed by atoms with van der Waals surface area (Å²) in [5, 5.41) is 0. The van der Waals surface area contributed by atoms with E-state index in [-0.39, 0.29) is 0 Å². The molecule has 0 nitrogen and oxygen atoms in total. The molecule has 0 radical (unpaired) electrons. The molecule has 4 bridgehead atoms. The topological polar surface area (TPSA) is 0 Å². The summed E-state index contributed by atoms with van der Waals surface area (Å²) in [6, 6.07) is 0. The molecule has 5 atom stereocenters. The van der Waals surface area contributed by atoms with Crippen molar-refractivity contribution >= 4 is 0 Å². The van der Waals surface area contributed by atoms with E-state index < -0.39 is 0 Å². The van der Waals surface area contributed by atoms with Crippen molar-refractivity contribution in [3.05, 3.63) is 0 Å². The van der Waals surface area contributed by atoms with Gasteiger partial charge in [0.2, 0.25) is 0 Å². The first-order valence-electron chi connectivity index (χ1n) is 5.95. The van der Waals surface area contributed by atoms with Crippen LogP contribution in [0.5, 0.6) is 0 Å². The molecule has 0 saturated heterocycles. The molecular weight excluding hydrogens is 156 g/mol. The zero-order valence-corrected chi connectivity index (χ0v) is 9.43. The Morgan fingerprint density at radius 1 is 1.08 bits per heavy atom. The average Bonchev–Trinajstić information content (AvgIpc) is 2.37. The molecule has 0 amide bonds.